The Morgan fingerprint density at radius 3 is 2.84 bits per heavy atom. The lowest BCUT2D eigenvalue weighted by atomic mass is 10.0. The maximum atomic E-state index is 11.7. The van der Waals surface area contributed by atoms with Crippen LogP contribution in [0.25, 0.3) is 0 Å². The van der Waals surface area contributed by atoms with E-state index in [9.17, 15) is 9.90 Å². The Hall–Kier alpha value is -1.55. The molecule has 104 valence electrons. The Balaban J connectivity index is 1.73. The van der Waals surface area contributed by atoms with Gasteiger partial charge in [-0.25, -0.2) is 0 Å². The van der Waals surface area contributed by atoms with Gasteiger partial charge in [0.2, 0.25) is 0 Å². The van der Waals surface area contributed by atoms with Crippen LogP contribution in [0.15, 0.2) is 24.3 Å². The number of amides is 1. The average Bonchev–Trinajstić information content (AvgIpc) is 2.82. The summed E-state index contributed by atoms with van der Waals surface area (Å²) in [6, 6.07) is 7.58. The zero-order chi connectivity index (χ0) is 13.7. The standard InChI is InChI=1S/C15H21NO3/c1-12-5-4-6-13(9-12)19-10-14(17)16-11-15(18)7-2-3-8-15/h4-6,9,18H,2-3,7-8,10-11H2,1H3,(H,16,17). The minimum absolute atomic E-state index is 0.0144. The van der Waals surface area contributed by atoms with Crippen molar-refractivity contribution in [2.75, 3.05) is 13.2 Å². The fourth-order valence-electron chi connectivity index (χ4n) is 2.38. The summed E-state index contributed by atoms with van der Waals surface area (Å²) in [6.45, 7) is 2.28. The van der Waals surface area contributed by atoms with E-state index in [2.05, 4.69) is 5.32 Å². The molecule has 0 unspecified atom stereocenters. The number of benzene rings is 1. The molecule has 2 rings (SSSR count). The highest BCUT2D eigenvalue weighted by Gasteiger charge is 2.31. The molecule has 4 heteroatoms. The predicted octanol–water partition coefficient (Wildman–Crippen LogP) is 1.80. The first-order valence-corrected chi connectivity index (χ1v) is 6.76. The number of hydrogen-bond donors (Lipinski definition) is 2. The van der Waals surface area contributed by atoms with Crippen LogP contribution in [0.5, 0.6) is 5.75 Å². The van der Waals surface area contributed by atoms with E-state index < -0.39 is 5.60 Å². The van der Waals surface area contributed by atoms with Gasteiger partial charge in [-0.15, -0.1) is 0 Å². The Morgan fingerprint density at radius 2 is 2.16 bits per heavy atom. The van der Waals surface area contributed by atoms with E-state index >= 15 is 0 Å². The third kappa shape index (κ3) is 4.24. The molecule has 4 nitrogen and oxygen atoms in total. The van der Waals surface area contributed by atoms with Gasteiger partial charge in [0.15, 0.2) is 6.61 Å². The van der Waals surface area contributed by atoms with Crippen LogP contribution < -0.4 is 10.1 Å². The maximum Gasteiger partial charge on any atom is 0.258 e. The van der Waals surface area contributed by atoms with E-state index in [0.717, 1.165) is 31.2 Å². The predicted molar refractivity (Wildman–Crippen MR) is 73.1 cm³/mol. The van der Waals surface area contributed by atoms with Crippen molar-refractivity contribution in [1.29, 1.82) is 0 Å². The van der Waals surface area contributed by atoms with Crippen LogP contribution in [-0.2, 0) is 4.79 Å². The highest BCUT2D eigenvalue weighted by Crippen LogP contribution is 2.28. The molecule has 1 aliphatic rings. The molecular formula is C15H21NO3. The third-order valence-corrected chi connectivity index (χ3v) is 3.51. The summed E-state index contributed by atoms with van der Waals surface area (Å²) in [7, 11) is 0. The molecule has 0 bridgehead atoms. The first kappa shape index (κ1) is 13.9. The van der Waals surface area contributed by atoms with Crippen molar-refractivity contribution < 1.29 is 14.6 Å². The summed E-state index contributed by atoms with van der Waals surface area (Å²) in [5.74, 6) is 0.497. The SMILES string of the molecule is Cc1cccc(OCC(=O)NCC2(O)CCCC2)c1. The molecule has 0 aromatic heterocycles. The van der Waals surface area contributed by atoms with Crippen molar-refractivity contribution in [3.05, 3.63) is 29.8 Å². The number of aryl methyl sites for hydroxylation is 1. The molecule has 0 heterocycles. The molecule has 19 heavy (non-hydrogen) atoms. The van der Waals surface area contributed by atoms with Gasteiger partial charge in [0.05, 0.1) is 5.60 Å². The summed E-state index contributed by atoms with van der Waals surface area (Å²) in [6.07, 6.45) is 3.61. The van der Waals surface area contributed by atoms with E-state index in [4.69, 9.17) is 4.74 Å². The molecule has 0 aliphatic heterocycles. The Morgan fingerprint density at radius 1 is 1.42 bits per heavy atom. The van der Waals surface area contributed by atoms with Gasteiger partial charge in [-0.1, -0.05) is 25.0 Å². The van der Waals surface area contributed by atoms with Gasteiger partial charge in [0.1, 0.15) is 5.75 Å². The highest BCUT2D eigenvalue weighted by atomic mass is 16.5. The number of rotatable bonds is 5. The van der Waals surface area contributed by atoms with Gasteiger partial charge in [-0.2, -0.15) is 0 Å². The van der Waals surface area contributed by atoms with Crippen molar-refractivity contribution in [2.24, 2.45) is 0 Å². The number of hydrogen-bond acceptors (Lipinski definition) is 3. The van der Waals surface area contributed by atoms with Crippen LogP contribution in [0.1, 0.15) is 31.2 Å². The number of aliphatic hydroxyl groups is 1. The zero-order valence-electron chi connectivity index (χ0n) is 11.3. The lowest BCUT2D eigenvalue weighted by Crippen LogP contribution is -2.42. The summed E-state index contributed by atoms with van der Waals surface area (Å²) in [5.41, 5.74) is 0.386. The third-order valence-electron chi connectivity index (χ3n) is 3.51. The summed E-state index contributed by atoms with van der Waals surface area (Å²) >= 11 is 0. The molecule has 1 saturated carbocycles. The van der Waals surface area contributed by atoms with Gasteiger partial charge in [0, 0.05) is 6.54 Å². The molecule has 2 N–H and O–H groups in total. The largest absolute Gasteiger partial charge is 0.484 e. The van der Waals surface area contributed by atoms with E-state index in [1.165, 1.54) is 0 Å². The monoisotopic (exact) mass is 263 g/mol. The smallest absolute Gasteiger partial charge is 0.258 e. The van der Waals surface area contributed by atoms with Gasteiger partial charge < -0.3 is 15.2 Å². The fourth-order valence-corrected chi connectivity index (χ4v) is 2.38. The van der Waals surface area contributed by atoms with Crippen molar-refractivity contribution in [2.45, 2.75) is 38.2 Å². The molecule has 0 spiro atoms. The lowest BCUT2D eigenvalue weighted by Gasteiger charge is -2.22. The summed E-state index contributed by atoms with van der Waals surface area (Å²) < 4.78 is 5.40. The van der Waals surface area contributed by atoms with Crippen molar-refractivity contribution in [3.8, 4) is 5.75 Å². The summed E-state index contributed by atoms with van der Waals surface area (Å²) in [5, 5.41) is 12.8. The second-order valence-electron chi connectivity index (χ2n) is 5.31. The van der Waals surface area contributed by atoms with Crippen molar-refractivity contribution >= 4 is 5.91 Å². The second-order valence-corrected chi connectivity index (χ2v) is 5.31. The number of ether oxygens (including phenoxy) is 1. The normalized spacial score (nSPS) is 17.2. The van der Waals surface area contributed by atoms with Gasteiger partial charge in [0.25, 0.3) is 5.91 Å². The first-order chi connectivity index (χ1) is 9.07. The number of carbonyl (C=O) groups excluding carboxylic acids is 1. The summed E-state index contributed by atoms with van der Waals surface area (Å²) in [4.78, 5) is 11.7. The average molecular weight is 263 g/mol. The quantitative estimate of drug-likeness (QED) is 0.851. The van der Waals surface area contributed by atoms with E-state index in [1.807, 2.05) is 31.2 Å². The van der Waals surface area contributed by atoms with Crippen LogP contribution in [0.3, 0.4) is 0 Å². The second kappa shape index (κ2) is 6.06. The lowest BCUT2D eigenvalue weighted by molar-refractivity contribution is -0.124. The van der Waals surface area contributed by atoms with Crippen LogP contribution in [-0.4, -0.2) is 29.8 Å². The first-order valence-electron chi connectivity index (χ1n) is 6.76. The van der Waals surface area contributed by atoms with Crippen LogP contribution in [0, 0.1) is 6.92 Å². The molecular weight excluding hydrogens is 242 g/mol. The molecule has 1 amide bonds. The van der Waals surface area contributed by atoms with E-state index in [-0.39, 0.29) is 12.5 Å². The molecule has 1 aromatic rings. The minimum atomic E-state index is -0.709. The number of nitrogens with one attached hydrogen (secondary N) is 1. The van der Waals surface area contributed by atoms with Crippen molar-refractivity contribution in [1.82, 2.24) is 5.32 Å². The van der Waals surface area contributed by atoms with Gasteiger partial charge in [-0.3, -0.25) is 4.79 Å². The van der Waals surface area contributed by atoms with Gasteiger partial charge in [-0.05, 0) is 37.5 Å². The Kier molecular flexibility index (Phi) is 4.43. The Bertz CT molecular complexity index is 439. The molecule has 1 aliphatic carbocycles. The topological polar surface area (TPSA) is 58.6 Å². The van der Waals surface area contributed by atoms with Crippen LogP contribution in [0.2, 0.25) is 0 Å². The maximum absolute atomic E-state index is 11.7. The molecule has 0 saturated heterocycles. The Labute approximate surface area is 113 Å². The van der Waals surface area contributed by atoms with E-state index in [0.29, 0.717) is 12.3 Å². The van der Waals surface area contributed by atoms with Crippen LogP contribution >= 0.6 is 0 Å². The fraction of sp³-hybridized carbons (Fsp3) is 0.533. The number of carbonyl (C=O) groups is 1. The molecule has 0 atom stereocenters. The van der Waals surface area contributed by atoms with Crippen molar-refractivity contribution in [3.63, 3.8) is 0 Å². The van der Waals surface area contributed by atoms with Gasteiger partial charge >= 0.3 is 0 Å². The molecule has 0 radical (unpaired) electrons. The van der Waals surface area contributed by atoms with Crippen LogP contribution in [0.4, 0.5) is 0 Å². The molecule has 1 fully saturated rings. The minimum Gasteiger partial charge on any atom is -0.484 e. The molecule has 1 aromatic carbocycles. The highest BCUT2D eigenvalue weighted by molar-refractivity contribution is 5.77. The zero-order valence-corrected chi connectivity index (χ0v) is 11.3. The van der Waals surface area contributed by atoms with E-state index in [1.54, 1.807) is 0 Å².